The normalized spacial score (nSPS) is 15.5. The minimum Gasteiger partial charge on any atom is -0.454 e. The van der Waals surface area contributed by atoms with Crippen molar-refractivity contribution in [1.82, 2.24) is 0 Å². The topological polar surface area (TPSA) is 30.5 Å². The number of hydrogen-bond donors (Lipinski definition) is 1. The van der Waals surface area contributed by atoms with Gasteiger partial charge in [-0.25, -0.2) is 0 Å². The van der Waals surface area contributed by atoms with Crippen molar-refractivity contribution < 1.29 is 9.47 Å². The number of nitrogens with one attached hydrogen (secondary N) is 1. The van der Waals surface area contributed by atoms with E-state index in [0.717, 1.165) is 17.2 Å². The molecule has 1 aromatic rings. The van der Waals surface area contributed by atoms with E-state index in [1.54, 1.807) is 0 Å². The minimum absolute atomic E-state index is 0.332. The number of anilines is 1. The fourth-order valence-electron chi connectivity index (χ4n) is 1.42. The second-order valence-corrected chi connectivity index (χ2v) is 4.25. The third-order valence-corrected chi connectivity index (χ3v) is 2.77. The highest BCUT2D eigenvalue weighted by Crippen LogP contribution is 2.34. The SMILES string of the molecule is CC(C)C(C)Nc1ccc2c(c1)OCO2. The van der Waals surface area contributed by atoms with Gasteiger partial charge in [0.05, 0.1) is 0 Å². The van der Waals surface area contributed by atoms with Gasteiger partial charge in [0, 0.05) is 17.8 Å². The van der Waals surface area contributed by atoms with Gasteiger partial charge in [-0.3, -0.25) is 0 Å². The number of benzene rings is 1. The molecule has 0 spiro atoms. The van der Waals surface area contributed by atoms with Crippen LogP contribution in [0, 0.1) is 5.92 Å². The summed E-state index contributed by atoms with van der Waals surface area (Å²) in [4.78, 5) is 0. The maximum absolute atomic E-state index is 5.32. The van der Waals surface area contributed by atoms with Gasteiger partial charge in [0.15, 0.2) is 11.5 Å². The van der Waals surface area contributed by atoms with Crippen LogP contribution in [0.1, 0.15) is 20.8 Å². The fraction of sp³-hybridized carbons (Fsp3) is 0.500. The van der Waals surface area contributed by atoms with Gasteiger partial charge in [0.2, 0.25) is 6.79 Å². The Hall–Kier alpha value is -1.38. The molecule has 1 N–H and O–H groups in total. The van der Waals surface area contributed by atoms with E-state index in [0.29, 0.717) is 18.8 Å². The lowest BCUT2D eigenvalue weighted by Gasteiger charge is -2.18. The number of ether oxygens (including phenoxy) is 2. The lowest BCUT2D eigenvalue weighted by Crippen LogP contribution is -2.21. The summed E-state index contributed by atoms with van der Waals surface area (Å²) in [7, 11) is 0. The molecule has 0 saturated heterocycles. The zero-order valence-corrected chi connectivity index (χ0v) is 9.41. The van der Waals surface area contributed by atoms with Crippen LogP contribution < -0.4 is 14.8 Å². The Morgan fingerprint density at radius 3 is 2.60 bits per heavy atom. The molecule has 0 saturated carbocycles. The van der Waals surface area contributed by atoms with E-state index in [1.807, 2.05) is 18.2 Å². The predicted octanol–water partition coefficient (Wildman–Crippen LogP) is 2.87. The lowest BCUT2D eigenvalue weighted by molar-refractivity contribution is 0.174. The molecule has 0 fully saturated rings. The summed E-state index contributed by atoms with van der Waals surface area (Å²) in [5, 5.41) is 3.44. The van der Waals surface area contributed by atoms with Gasteiger partial charge >= 0.3 is 0 Å². The van der Waals surface area contributed by atoms with Crippen LogP contribution in [0.15, 0.2) is 18.2 Å². The standard InChI is InChI=1S/C12H17NO2/c1-8(2)9(3)13-10-4-5-11-12(6-10)15-7-14-11/h4-6,8-9,13H,7H2,1-3H3. The zero-order chi connectivity index (χ0) is 10.8. The second-order valence-electron chi connectivity index (χ2n) is 4.25. The molecule has 82 valence electrons. The summed E-state index contributed by atoms with van der Waals surface area (Å²) < 4.78 is 10.6. The quantitative estimate of drug-likeness (QED) is 0.826. The lowest BCUT2D eigenvalue weighted by atomic mass is 10.1. The number of rotatable bonds is 3. The number of fused-ring (bicyclic) bond motifs is 1. The largest absolute Gasteiger partial charge is 0.454 e. The molecule has 1 unspecified atom stereocenters. The van der Waals surface area contributed by atoms with Crippen LogP contribution >= 0.6 is 0 Å². The molecule has 1 aliphatic heterocycles. The molecule has 0 bridgehead atoms. The zero-order valence-electron chi connectivity index (χ0n) is 9.41. The molecule has 1 aliphatic rings. The maximum Gasteiger partial charge on any atom is 0.231 e. The second kappa shape index (κ2) is 4.01. The number of hydrogen-bond acceptors (Lipinski definition) is 3. The summed E-state index contributed by atoms with van der Waals surface area (Å²) in [5.74, 6) is 2.27. The van der Waals surface area contributed by atoms with Gasteiger partial charge < -0.3 is 14.8 Å². The van der Waals surface area contributed by atoms with Gasteiger partial charge in [-0.2, -0.15) is 0 Å². The van der Waals surface area contributed by atoms with Crippen LogP contribution in [0.25, 0.3) is 0 Å². The molecule has 15 heavy (non-hydrogen) atoms. The first-order valence-corrected chi connectivity index (χ1v) is 5.33. The third kappa shape index (κ3) is 2.17. The molecule has 1 heterocycles. The Bertz CT molecular complexity index is 349. The van der Waals surface area contributed by atoms with Crippen LogP contribution in [0.5, 0.6) is 11.5 Å². The molecule has 1 atom stereocenters. The Morgan fingerprint density at radius 2 is 1.87 bits per heavy atom. The van der Waals surface area contributed by atoms with Crippen molar-refractivity contribution in [3.63, 3.8) is 0 Å². The van der Waals surface area contributed by atoms with Crippen molar-refractivity contribution in [3.05, 3.63) is 18.2 Å². The van der Waals surface area contributed by atoms with Gasteiger partial charge in [0.25, 0.3) is 0 Å². The Kier molecular flexibility index (Phi) is 2.71. The highest BCUT2D eigenvalue weighted by atomic mass is 16.7. The average Bonchev–Trinajstić information content (AvgIpc) is 2.64. The Labute approximate surface area is 90.4 Å². The summed E-state index contributed by atoms with van der Waals surface area (Å²) in [6, 6.07) is 6.40. The first-order valence-electron chi connectivity index (χ1n) is 5.33. The fourth-order valence-corrected chi connectivity index (χ4v) is 1.42. The molecule has 2 rings (SSSR count). The molecule has 0 aromatic heterocycles. The van der Waals surface area contributed by atoms with E-state index in [4.69, 9.17) is 9.47 Å². The average molecular weight is 207 g/mol. The van der Waals surface area contributed by atoms with Crippen molar-refractivity contribution in [3.8, 4) is 11.5 Å². The minimum atomic E-state index is 0.332. The van der Waals surface area contributed by atoms with Gasteiger partial charge in [-0.1, -0.05) is 13.8 Å². The molecular weight excluding hydrogens is 190 g/mol. The molecular formula is C12H17NO2. The first kappa shape index (κ1) is 10.1. The molecule has 3 nitrogen and oxygen atoms in total. The van der Waals surface area contributed by atoms with E-state index in [-0.39, 0.29) is 0 Å². The highest BCUT2D eigenvalue weighted by Gasteiger charge is 2.14. The Balaban J connectivity index is 2.10. The van der Waals surface area contributed by atoms with Crippen molar-refractivity contribution >= 4 is 5.69 Å². The van der Waals surface area contributed by atoms with Crippen LogP contribution in [0.3, 0.4) is 0 Å². The summed E-state index contributed by atoms with van der Waals surface area (Å²) in [5.41, 5.74) is 1.08. The van der Waals surface area contributed by atoms with Crippen molar-refractivity contribution in [2.45, 2.75) is 26.8 Å². The molecule has 0 radical (unpaired) electrons. The highest BCUT2D eigenvalue weighted by molar-refractivity contribution is 5.55. The van der Waals surface area contributed by atoms with Crippen LogP contribution in [0.2, 0.25) is 0 Å². The monoisotopic (exact) mass is 207 g/mol. The van der Waals surface area contributed by atoms with Crippen LogP contribution in [-0.4, -0.2) is 12.8 Å². The van der Waals surface area contributed by atoms with E-state index in [9.17, 15) is 0 Å². The summed E-state index contributed by atoms with van der Waals surface area (Å²) in [6.07, 6.45) is 0. The van der Waals surface area contributed by atoms with E-state index in [2.05, 4.69) is 26.1 Å². The third-order valence-electron chi connectivity index (χ3n) is 2.77. The maximum atomic E-state index is 5.32. The van der Waals surface area contributed by atoms with Crippen molar-refractivity contribution in [2.75, 3.05) is 12.1 Å². The molecule has 3 heteroatoms. The van der Waals surface area contributed by atoms with E-state index >= 15 is 0 Å². The van der Waals surface area contributed by atoms with E-state index in [1.165, 1.54) is 0 Å². The van der Waals surface area contributed by atoms with Gasteiger partial charge in [0.1, 0.15) is 0 Å². The van der Waals surface area contributed by atoms with E-state index < -0.39 is 0 Å². The van der Waals surface area contributed by atoms with Crippen LogP contribution in [0.4, 0.5) is 5.69 Å². The van der Waals surface area contributed by atoms with Crippen molar-refractivity contribution in [2.24, 2.45) is 5.92 Å². The summed E-state index contributed by atoms with van der Waals surface area (Å²) in [6.45, 7) is 6.91. The predicted molar refractivity (Wildman–Crippen MR) is 60.5 cm³/mol. The van der Waals surface area contributed by atoms with Crippen molar-refractivity contribution in [1.29, 1.82) is 0 Å². The van der Waals surface area contributed by atoms with Gasteiger partial charge in [-0.05, 0) is 25.0 Å². The van der Waals surface area contributed by atoms with Crippen LogP contribution in [-0.2, 0) is 0 Å². The molecule has 0 aliphatic carbocycles. The Morgan fingerprint density at radius 1 is 1.13 bits per heavy atom. The molecule has 1 aromatic carbocycles. The first-order chi connectivity index (χ1) is 7.16. The van der Waals surface area contributed by atoms with Gasteiger partial charge in [-0.15, -0.1) is 0 Å². The molecule has 0 amide bonds. The summed E-state index contributed by atoms with van der Waals surface area (Å²) >= 11 is 0. The smallest absolute Gasteiger partial charge is 0.231 e.